The van der Waals surface area contributed by atoms with E-state index in [1.807, 2.05) is 0 Å². The van der Waals surface area contributed by atoms with Crippen LogP contribution in [-0.2, 0) is 16.0 Å². The lowest BCUT2D eigenvalue weighted by Gasteiger charge is -2.26. The van der Waals surface area contributed by atoms with Crippen LogP contribution in [0.4, 0.5) is 5.69 Å². The number of hydrogen-bond acceptors (Lipinski definition) is 2. The maximum atomic E-state index is 12.2. The molecular weight excluding hydrogens is 266 g/mol. The van der Waals surface area contributed by atoms with Crippen LogP contribution in [-0.4, -0.2) is 17.0 Å². The van der Waals surface area contributed by atoms with E-state index in [1.165, 1.54) is 6.42 Å². The molecule has 0 heterocycles. The Balaban J connectivity index is 1.86. The molecular formula is C17H23NO3. The summed E-state index contributed by atoms with van der Waals surface area (Å²) >= 11 is 0. The third-order valence-electron chi connectivity index (χ3n) is 4.37. The number of carboxylic acid groups (broad SMARTS) is 1. The van der Waals surface area contributed by atoms with Crippen molar-refractivity contribution in [1.82, 2.24) is 0 Å². The molecule has 0 saturated heterocycles. The highest BCUT2D eigenvalue weighted by atomic mass is 16.4. The van der Waals surface area contributed by atoms with Gasteiger partial charge in [-0.25, -0.2) is 0 Å². The number of benzene rings is 1. The molecule has 2 rings (SSSR count). The molecule has 1 aromatic carbocycles. The molecule has 0 unspecified atom stereocenters. The Morgan fingerprint density at radius 3 is 2.29 bits per heavy atom. The van der Waals surface area contributed by atoms with Gasteiger partial charge in [0.25, 0.3) is 0 Å². The Morgan fingerprint density at radius 1 is 1.14 bits per heavy atom. The average Bonchev–Trinajstić information content (AvgIpc) is 2.49. The Labute approximate surface area is 125 Å². The predicted molar refractivity (Wildman–Crippen MR) is 82.2 cm³/mol. The van der Waals surface area contributed by atoms with Gasteiger partial charge >= 0.3 is 5.97 Å². The van der Waals surface area contributed by atoms with Crippen molar-refractivity contribution in [2.75, 3.05) is 5.32 Å². The predicted octanol–water partition coefficient (Wildman–Crippen LogP) is 3.47. The number of anilines is 1. The summed E-state index contributed by atoms with van der Waals surface area (Å²) in [6, 6.07) is 7.04. The molecule has 0 spiro atoms. The van der Waals surface area contributed by atoms with Crippen LogP contribution >= 0.6 is 0 Å². The number of carboxylic acids is 1. The van der Waals surface area contributed by atoms with Gasteiger partial charge in [0.2, 0.25) is 5.91 Å². The van der Waals surface area contributed by atoms with Gasteiger partial charge in [0.15, 0.2) is 0 Å². The second-order valence-electron chi connectivity index (χ2n) is 5.88. The molecule has 21 heavy (non-hydrogen) atoms. The first-order chi connectivity index (χ1) is 10.1. The first-order valence-electron chi connectivity index (χ1n) is 7.70. The molecule has 0 radical (unpaired) electrons. The number of rotatable bonds is 5. The number of aliphatic carboxylic acids is 1. The highest BCUT2D eigenvalue weighted by molar-refractivity contribution is 5.92. The average molecular weight is 289 g/mol. The Kier molecular flexibility index (Phi) is 5.37. The van der Waals surface area contributed by atoms with Gasteiger partial charge in [-0.2, -0.15) is 0 Å². The van der Waals surface area contributed by atoms with Crippen molar-refractivity contribution < 1.29 is 14.7 Å². The van der Waals surface area contributed by atoms with Crippen molar-refractivity contribution in [3.8, 4) is 0 Å². The number of carbonyl (C=O) groups excluding carboxylic acids is 1. The lowest BCUT2D eigenvalue weighted by Crippen LogP contribution is -2.27. The van der Waals surface area contributed by atoms with Crippen molar-refractivity contribution in [2.45, 2.75) is 45.4 Å². The first kappa shape index (κ1) is 15.5. The summed E-state index contributed by atoms with van der Waals surface area (Å²) in [7, 11) is 0. The van der Waals surface area contributed by atoms with Crippen LogP contribution in [0.15, 0.2) is 24.3 Å². The highest BCUT2D eigenvalue weighted by Gasteiger charge is 2.25. The van der Waals surface area contributed by atoms with E-state index in [-0.39, 0.29) is 18.2 Å². The highest BCUT2D eigenvalue weighted by Crippen LogP contribution is 2.31. The van der Waals surface area contributed by atoms with Gasteiger partial charge in [-0.3, -0.25) is 9.59 Å². The standard InChI is InChI=1S/C17H23NO3/c1-2-12-3-7-14(8-4-12)17(21)18-15-9-5-13(6-10-15)11-16(19)20/h5-6,9-10,12,14H,2-4,7-8,11H2,1H3,(H,18,21)(H,19,20). The summed E-state index contributed by atoms with van der Waals surface area (Å²) in [5.74, 6) is 0.144. The maximum Gasteiger partial charge on any atom is 0.307 e. The fourth-order valence-electron chi connectivity index (χ4n) is 2.96. The SMILES string of the molecule is CCC1CCC(C(=O)Nc2ccc(CC(=O)O)cc2)CC1. The van der Waals surface area contributed by atoms with E-state index in [9.17, 15) is 9.59 Å². The Hall–Kier alpha value is -1.84. The van der Waals surface area contributed by atoms with E-state index >= 15 is 0 Å². The van der Waals surface area contributed by atoms with E-state index in [2.05, 4.69) is 12.2 Å². The second kappa shape index (κ2) is 7.25. The molecule has 0 aliphatic heterocycles. The molecule has 1 aromatic rings. The summed E-state index contributed by atoms with van der Waals surface area (Å²) < 4.78 is 0. The largest absolute Gasteiger partial charge is 0.481 e. The first-order valence-corrected chi connectivity index (χ1v) is 7.70. The molecule has 1 amide bonds. The molecule has 4 heteroatoms. The zero-order chi connectivity index (χ0) is 15.2. The van der Waals surface area contributed by atoms with Gasteiger partial charge in [-0.05, 0) is 49.3 Å². The molecule has 114 valence electrons. The van der Waals surface area contributed by atoms with E-state index in [0.29, 0.717) is 0 Å². The van der Waals surface area contributed by atoms with Crippen molar-refractivity contribution in [3.63, 3.8) is 0 Å². The van der Waals surface area contributed by atoms with Crippen LogP contribution < -0.4 is 5.32 Å². The van der Waals surface area contributed by atoms with E-state index in [0.717, 1.165) is 42.9 Å². The molecule has 1 aliphatic carbocycles. The molecule has 0 atom stereocenters. The molecule has 0 bridgehead atoms. The smallest absolute Gasteiger partial charge is 0.307 e. The number of carbonyl (C=O) groups is 2. The fraction of sp³-hybridized carbons (Fsp3) is 0.529. The summed E-state index contributed by atoms with van der Waals surface area (Å²) in [4.78, 5) is 22.8. The monoisotopic (exact) mass is 289 g/mol. The van der Waals surface area contributed by atoms with Gasteiger partial charge in [0, 0.05) is 11.6 Å². The number of nitrogens with one attached hydrogen (secondary N) is 1. The van der Waals surface area contributed by atoms with Crippen LogP contribution in [0.3, 0.4) is 0 Å². The lowest BCUT2D eigenvalue weighted by molar-refractivity contribution is -0.136. The lowest BCUT2D eigenvalue weighted by atomic mass is 9.80. The fourth-order valence-corrected chi connectivity index (χ4v) is 2.96. The van der Waals surface area contributed by atoms with E-state index in [4.69, 9.17) is 5.11 Å². The Bertz CT molecular complexity index is 487. The normalized spacial score (nSPS) is 21.8. The van der Waals surface area contributed by atoms with E-state index < -0.39 is 5.97 Å². The second-order valence-corrected chi connectivity index (χ2v) is 5.88. The van der Waals surface area contributed by atoms with Crippen LogP contribution in [0.5, 0.6) is 0 Å². The van der Waals surface area contributed by atoms with Crippen LogP contribution in [0, 0.1) is 11.8 Å². The quantitative estimate of drug-likeness (QED) is 0.872. The molecule has 4 nitrogen and oxygen atoms in total. The van der Waals surface area contributed by atoms with Gasteiger partial charge in [0.05, 0.1) is 6.42 Å². The van der Waals surface area contributed by atoms with Crippen LogP contribution in [0.25, 0.3) is 0 Å². The minimum Gasteiger partial charge on any atom is -0.481 e. The molecule has 0 aromatic heterocycles. The zero-order valence-corrected chi connectivity index (χ0v) is 12.5. The third kappa shape index (κ3) is 4.59. The maximum absolute atomic E-state index is 12.2. The molecule has 2 N–H and O–H groups in total. The number of hydrogen-bond donors (Lipinski definition) is 2. The van der Waals surface area contributed by atoms with Crippen molar-refractivity contribution in [1.29, 1.82) is 0 Å². The van der Waals surface area contributed by atoms with Crippen molar-refractivity contribution in [2.24, 2.45) is 11.8 Å². The molecule has 1 fully saturated rings. The van der Waals surface area contributed by atoms with E-state index in [1.54, 1.807) is 24.3 Å². The molecule has 1 saturated carbocycles. The van der Waals surface area contributed by atoms with Crippen LogP contribution in [0.1, 0.15) is 44.6 Å². The number of amides is 1. The molecule has 1 aliphatic rings. The van der Waals surface area contributed by atoms with Gasteiger partial charge in [0.1, 0.15) is 0 Å². The Morgan fingerprint density at radius 2 is 1.76 bits per heavy atom. The topological polar surface area (TPSA) is 66.4 Å². The van der Waals surface area contributed by atoms with Crippen molar-refractivity contribution in [3.05, 3.63) is 29.8 Å². The minimum absolute atomic E-state index is 0.00918. The summed E-state index contributed by atoms with van der Waals surface area (Å²) in [6.45, 7) is 2.21. The summed E-state index contributed by atoms with van der Waals surface area (Å²) in [5, 5.41) is 11.7. The van der Waals surface area contributed by atoms with Crippen molar-refractivity contribution >= 4 is 17.6 Å². The summed E-state index contributed by atoms with van der Waals surface area (Å²) in [6.07, 6.45) is 5.45. The van der Waals surface area contributed by atoms with Gasteiger partial charge in [-0.15, -0.1) is 0 Å². The van der Waals surface area contributed by atoms with Gasteiger partial charge in [-0.1, -0.05) is 25.5 Å². The minimum atomic E-state index is -0.848. The van der Waals surface area contributed by atoms with Crippen LogP contribution in [0.2, 0.25) is 0 Å². The summed E-state index contributed by atoms with van der Waals surface area (Å²) in [5.41, 5.74) is 1.48. The third-order valence-corrected chi connectivity index (χ3v) is 4.37. The zero-order valence-electron chi connectivity index (χ0n) is 12.5. The van der Waals surface area contributed by atoms with Gasteiger partial charge < -0.3 is 10.4 Å².